The lowest BCUT2D eigenvalue weighted by Crippen LogP contribution is -2.00. The zero-order valence-electron chi connectivity index (χ0n) is 13.2. The van der Waals surface area contributed by atoms with E-state index in [0.29, 0.717) is 17.0 Å². The molecule has 0 atom stereocenters. The number of hydrogen-bond acceptors (Lipinski definition) is 5. The first-order valence-corrected chi connectivity index (χ1v) is 8.35. The van der Waals surface area contributed by atoms with Crippen molar-refractivity contribution in [3.05, 3.63) is 59.7 Å². The third-order valence-electron chi connectivity index (χ3n) is 3.71. The van der Waals surface area contributed by atoms with Crippen LogP contribution in [0.2, 0.25) is 0 Å². The van der Waals surface area contributed by atoms with Crippen molar-refractivity contribution in [1.29, 1.82) is 0 Å². The molecule has 0 bridgehead atoms. The van der Waals surface area contributed by atoms with Crippen LogP contribution in [0.1, 0.15) is 15.9 Å². The van der Waals surface area contributed by atoms with Crippen molar-refractivity contribution >= 4 is 27.8 Å². The summed E-state index contributed by atoms with van der Waals surface area (Å²) in [6.07, 6.45) is 0. The highest BCUT2D eigenvalue weighted by Gasteiger charge is 2.13. The molecule has 6 nitrogen and oxygen atoms in total. The van der Waals surface area contributed by atoms with Crippen LogP contribution >= 0.6 is 11.3 Å². The molecule has 124 valence electrons. The number of rotatable bonds is 4. The second-order valence-electron chi connectivity index (χ2n) is 5.46. The Labute approximate surface area is 146 Å². The minimum atomic E-state index is -0.988. The van der Waals surface area contributed by atoms with Gasteiger partial charge in [-0.15, -0.1) is 0 Å². The van der Waals surface area contributed by atoms with Gasteiger partial charge in [-0.2, -0.15) is 4.98 Å². The van der Waals surface area contributed by atoms with Gasteiger partial charge in [0.15, 0.2) is 10.5 Å². The highest BCUT2D eigenvalue weighted by atomic mass is 32.1. The third kappa shape index (κ3) is 2.97. The molecule has 0 aliphatic rings. The Kier molecular flexibility index (Phi) is 3.70. The Balaban J connectivity index is 1.62. The van der Waals surface area contributed by atoms with Crippen LogP contribution in [-0.2, 0) is 0 Å². The van der Waals surface area contributed by atoms with Gasteiger partial charge in [-0.1, -0.05) is 47.7 Å². The summed E-state index contributed by atoms with van der Waals surface area (Å²) in [7, 11) is 0. The molecule has 0 aliphatic heterocycles. The van der Waals surface area contributed by atoms with E-state index in [0.717, 1.165) is 15.4 Å². The molecule has 0 saturated carbocycles. The van der Waals surface area contributed by atoms with Crippen molar-refractivity contribution in [2.45, 2.75) is 6.92 Å². The summed E-state index contributed by atoms with van der Waals surface area (Å²) in [6.45, 7) is 1.74. The highest BCUT2D eigenvalue weighted by Crippen LogP contribution is 2.31. The average molecular weight is 351 g/mol. The second-order valence-corrected chi connectivity index (χ2v) is 6.44. The normalized spacial score (nSPS) is 10.9. The van der Waals surface area contributed by atoms with Gasteiger partial charge in [-0.25, -0.2) is 9.78 Å². The molecule has 2 heterocycles. The predicted octanol–water partition coefficient (Wildman–Crippen LogP) is 4.49. The second kappa shape index (κ2) is 6.03. The summed E-state index contributed by atoms with van der Waals surface area (Å²) in [6, 6.07) is 15.1. The summed E-state index contributed by atoms with van der Waals surface area (Å²) >= 11 is 1.46. The van der Waals surface area contributed by atoms with Gasteiger partial charge in [-0.05, 0) is 24.6 Å². The molecule has 2 N–H and O–H groups in total. The summed E-state index contributed by atoms with van der Waals surface area (Å²) < 4.78 is 5.65. The molecule has 0 saturated heterocycles. The lowest BCUT2D eigenvalue weighted by molar-refractivity contribution is 0.0695. The smallest absolute Gasteiger partial charge is 0.336 e. The van der Waals surface area contributed by atoms with Gasteiger partial charge < -0.3 is 9.84 Å². The van der Waals surface area contributed by atoms with Crippen LogP contribution < -0.4 is 4.74 Å². The van der Waals surface area contributed by atoms with E-state index in [2.05, 4.69) is 15.0 Å². The lowest BCUT2D eigenvalue weighted by Gasteiger charge is -2.05. The number of H-pyrrole nitrogens is 1. The Morgan fingerprint density at radius 2 is 1.96 bits per heavy atom. The topological polar surface area (TPSA) is 88.1 Å². The van der Waals surface area contributed by atoms with E-state index in [1.807, 2.05) is 30.3 Å². The fourth-order valence-electron chi connectivity index (χ4n) is 2.45. The van der Waals surface area contributed by atoms with E-state index in [4.69, 9.17) is 4.74 Å². The third-order valence-corrected chi connectivity index (χ3v) is 4.71. The van der Waals surface area contributed by atoms with Crippen LogP contribution in [0.15, 0.2) is 48.5 Å². The molecule has 0 amide bonds. The molecule has 7 heteroatoms. The van der Waals surface area contributed by atoms with Gasteiger partial charge in [0.2, 0.25) is 0 Å². The number of carbonyl (C=O) groups is 1. The summed E-state index contributed by atoms with van der Waals surface area (Å²) in [4.78, 5) is 23.9. The van der Waals surface area contributed by atoms with Crippen molar-refractivity contribution in [2.24, 2.45) is 0 Å². The maximum Gasteiger partial charge on any atom is 0.336 e. The van der Waals surface area contributed by atoms with Crippen molar-refractivity contribution in [1.82, 2.24) is 15.0 Å². The van der Waals surface area contributed by atoms with Gasteiger partial charge in [0.1, 0.15) is 10.8 Å². The molecule has 0 aliphatic carbocycles. The molecular formula is C18H13N3O3S. The van der Waals surface area contributed by atoms with E-state index in [1.54, 1.807) is 19.1 Å². The van der Waals surface area contributed by atoms with E-state index in [-0.39, 0.29) is 11.6 Å². The first-order valence-electron chi connectivity index (χ1n) is 7.54. The van der Waals surface area contributed by atoms with Crippen molar-refractivity contribution in [3.8, 4) is 22.3 Å². The number of carboxylic acids is 1. The molecule has 0 unspecified atom stereocenters. The number of aromatic carboxylic acids is 1. The first kappa shape index (κ1) is 15.3. The zero-order valence-corrected chi connectivity index (χ0v) is 14.0. The number of nitrogens with one attached hydrogen (secondary N) is 1. The quantitative estimate of drug-likeness (QED) is 0.566. The Morgan fingerprint density at radius 3 is 2.68 bits per heavy atom. The van der Waals surface area contributed by atoms with Gasteiger partial charge in [0.05, 0.1) is 5.56 Å². The number of imidazole rings is 1. The predicted molar refractivity (Wildman–Crippen MR) is 95.4 cm³/mol. The van der Waals surface area contributed by atoms with Crippen molar-refractivity contribution in [3.63, 3.8) is 0 Å². The Bertz CT molecular complexity index is 1040. The standard InChI is InChI=1S/C18H13N3O3S/c1-10-7-8-12(9-13(10)17(22)23)24-18-20-14-16(21-18)25-15(19-14)11-5-3-2-4-6-11/h2-9H,1H3,(H,20,21)(H,22,23). The maximum atomic E-state index is 11.2. The monoisotopic (exact) mass is 351 g/mol. The average Bonchev–Trinajstić information content (AvgIpc) is 3.15. The number of thiazole rings is 1. The lowest BCUT2D eigenvalue weighted by atomic mass is 10.1. The summed E-state index contributed by atoms with van der Waals surface area (Å²) in [5.41, 5.74) is 2.56. The number of hydrogen-bond donors (Lipinski definition) is 2. The molecule has 0 fully saturated rings. The molecule has 0 spiro atoms. The first-order chi connectivity index (χ1) is 12.1. The number of aromatic nitrogens is 3. The van der Waals surface area contributed by atoms with Gasteiger partial charge in [-0.3, -0.25) is 4.98 Å². The molecular weight excluding hydrogens is 338 g/mol. The molecule has 25 heavy (non-hydrogen) atoms. The number of ether oxygens (including phenoxy) is 1. The molecule has 2 aromatic carbocycles. The highest BCUT2D eigenvalue weighted by molar-refractivity contribution is 7.21. The van der Waals surface area contributed by atoms with Crippen LogP contribution in [0.5, 0.6) is 11.8 Å². The van der Waals surface area contributed by atoms with Crippen LogP contribution in [0.25, 0.3) is 21.0 Å². The number of benzene rings is 2. The van der Waals surface area contributed by atoms with Crippen molar-refractivity contribution < 1.29 is 14.6 Å². The number of aryl methyl sites for hydroxylation is 1. The Morgan fingerprint density at radius 1 is 1.16 bits per heavy atom. The minimum Gasteiger partial charge on any atom is -0.478 e. The Hall–Kier alpha value is -3.19. The summed E-state index contributed by atoms with van der Waals surface area (Å²) in [5, 5.41) is 10.1. The molecule has 4 aromatic rings. The number of nitrogens with zero attached hydrogens (tertiary/aromatic N) is 2. The largest absolute Gasteiger partial charge is 0.478 e. The molecule has 4 rings (SSSR count). The molecule has 2 aromatic heterocycles. The van der Waals surface area contributed by atoms with Gasteiger partial charge in [0, 0.05) is 5.56 Å². The number of carboxylic acid groups (broad SMARTS) is 1. The fourth-order valence-corrected chi connectivity index (χ4v) is 3.35. The van der Waals surface area contributed by atoms with Crippen molar-refractivity contribution in [2.75, 3.05) is 0 Å². The van der Waals surface area contributed by atoms with Crippen LogP contribution in [-0.4, -0.2) is 26.0 Å². The number of aromatic amines is 1. The maximum absolute atomic E-state index is 11.2. The minimum absolute atomic E-state index is 0.204. The SMILES string of the molecule is Cc1ccc(Oc2nc3sc(-c4ccccc4)nc3[nH]2)cc1C(=O)O. The van der Waals surface area contributed by atoms with Crippen LogP contribution in [0.3, 0.4) is 0 Å². The summed E-state index contributed by atoms with van der Waals surface area (Å²) in [5.74, 6) is -0.578. The number of fused-ring (bicyclic) bond motifs is 1. The van der Waals surface area contributed by atoms with E-state index in [9.17, 15) is 9.90 Å². The van der Waals surface area contributed by atoms with Gasteiger partial charge >= 0.3 is 12.0 Å². The van der Waals surface area contributed by atoms with Gasteiger partial charge in [0.25, 0.3) is 0 Å². The van der Waals surface area contributed by atoms with Crippen LogP contribution in [0.4, 0.5) is 0 Å². The van der Waals surface area contributed by atoms with E-state index < -0.39 is 5.97 Å². The fraction of sp³-hybridized carbons (Fsp3) is 0.0556. The van der Waals surface area contributed by atoms with E-state index >= 15 is 0 Å². The van der Waals surface area contributed by atoms with E-state index in [1.165, 1.54) is 17.4 Å². The molecule has 0 radical (unpaired) electrons. The zero-order chi connectivity index (χ0) is 17.4. The van der Waals surface area contributed by atoms with Crippen LogP contribution in [0, 0.1) is 6.92 Å².